The number of nitrogens with two attached hydrogens (primary N) is 1. The molecule has 0 atom stereocenters. The number of halogens is 1. The summed E-state index contributed by atoms with van der Waals surface area (Å²) in [5.74, 6) is 0. The summed E-state index contributed by atoms with van der Waals surface area (Å²) in [6.45, 7) is 0. The molecule has 13 heavy (non-hydrogen) atoms. The first-order chi connectivity index (χ1) is 6.18. The first-order valence-corrected chi connectivity index (χ1v) is 5.23. The molecule has 0 saturated heterocycles. The lowest BCUT2D eigenvalue weighted by Crippen LogP contribution is -2.22. The maximum atomic E-state index is 5.97. The van der Waals surface area contributed by atoms with Gasteiger partial charge in [0.15, 0.2) is 0 Å². The fourth-order valence-electron chi connectivity index (χ4n) is 1.26. The molecule has 2 rings (SSSR count). The van der Waals surface area contributed by atoms with Gasteiger partial charge >= 0.3 is 0 Å². The van der Waals surface area contributed by atoms with Gasteiger partial charge in [0.05, 0.1) is 11.9 Å². The van der Waals surface area contributed by atoms with Crippen molar-refractivity contribution in [1.82, 2.24) is 9.97 Å². The van der Waals surface area contributed by atoms with E-state index in [2.05, 4.69) is 25.9 Å². The second kappa shape index (κ2) is 3.35. The Hall–Kier alpha value is -0.480. The number of hydrogen-bond donors (Lipinski definition) is 1. The van der Waals surface area contributed by atoms with Crippen LogP contribution in [0.1, 0.15) is 25.0 Å². The highest BCUT2D eigenvalue weighted by molar-refractivity contribution is 9.10. The summed E-state index contributed by atoms with van der Waals surface area (Å²) in [6.07, 6.45) is 7.83. The van der Waals surface area contributed by atoms with Crippen LogP contribution in [0.3, 0.4) is 0 Å². The average molecular weight is 242 g/mol. The smallest absolute Gasteiger partial charge is 0.124 e. The highest BCUT2D eigenvalue weighted by Crippen LogP contribution is 2.36. The van der Waals surface area contributed by atoms with Gasteiger partial charge in [0.1, 0.15) is 4.60 Å². The Kier molecular flexibility index (Phi) is 2.34. The molecule has 0 aromatic carbocycles. The molecule has 0 radical (unpaired) electrons. The lowest BCUT2D eigenvalue weighted by atomic mass is 10.1. The molecule has 70 valence electrons. The van der Waals surface area contributed by atoms with E-state index in [0.29, 0.717) is 0 Å². The molecular formula is C9H12BrN3. The SMILES string of the molecule is NC1(CCc2cnc(Br)cn2)CC1. The van der Waals surface area contributed by atoms with Gasteiger partial charge in [0.25, 0.3) is 0 Å². The lowest BCUT2D eigenvalue weighted by Gasteiger charge is -2.06. The maximum absolute atomic E-state index is 5.97. The predicted molar refractivity (Wildman–Crippen MR) is 54.2 cm³/mol. The molecule has 1 aromatic heterocycles. The van der Waals surface area contributed by atoms with Crippen LogP contribution >= 0.6 is 15.9 Å². The first kappa shape index (κ1) is 9.09. The van der Waals surface area contributed by atoms with Crippen LogP contribution in [0, 0.1) is 0 Å². The molecule has 0 unspecified atom stereocenters. The normalized spacial score (nSPS) is 18.6. The summed E-state index contributed by atoms with van der Waals surface area (Å²) in [4.78, 5) is 8.36. The standard InChI is InChI=1S/C9H12BrN3/c10-8-6-12-7(5-13-8)1-2-9(11)3-4-9/h5-6H,1-4,11H2. The second-order valence-corrected chi connectivity index (χ2v) is 4.51. The number of nitrogens with zero attached hydrogens (tertiary/aromatic N) is 2. The molecule has 1 heterocycles. The van der Waals surface area contributed by atoms with E-state index in [9.17, 15) is 0 Å². The Morgan fingerprint density at radius 1 is 1.38 bits per heavy atom. The summed E-state index contributed by atoms with van der Waals surface area (Å²) in [6, 6.07) is 0. The van der Waals surface area contributed by atoms with Gasteiger partial charge in [0.2, 0.25) is 0 Å². The summed E-state index contributed by atoms with van der Waals surface area (Å²) in [5.41, 5.74) is 7.11. The Labute approximate surface area is 85.9 Å². The second-order valence-electron chi connectivity index (χ2n) is 3.69. The fraction of sp³-hybridized carbons (Fsp3) is 0.556. The van der Waals surface area contributed by atoms with Gasteiger partial charge < -0.3 is 5.73 Å². The maximum Gasteiger partial charge on any atom is 0.124 e. The summed E-state index contributed by atoms with van der Waals surface area (Å²) in [7, 11) is 0. The molecule has 1 aliphatic rings. The molecule has 0 spiro atoms. The number of hydrogen-bond acceptors (Lipinski definition) is 3. The monoisotopic (exact) mass is 241 g/mol. The highest BCUT2D eigenvalue weighted by Gasteiger charge is 2.37. The van der Waals surface area contributed by atoms with E-state index in [1.165, 1.54) is 0 Å². The molecule has 1 aliphatic carbocycles. The Morgan fingerprint density at radius 2 is 2.15 bits per heavy atom. The first-order valence-electron chi connectivity index (χ1n) is 4.43. The quantitative estimate of drug-likeness (QED) is 0.876. The van der Waals surface area contributed by atoms with Crippen LogP contribution in [0.5, 0.6) is 0 Å². The fourth-order valence-corrected chi connectivity index (χ4v) is 1.46. The predicted octanol–water partition coefficient (Wildman–Crippen LogP) is 1.66. The van der Waals surface area contributed by atoms with E-state index in [1.807, 2.05) is 0 Å². The van der Waals surface area contributed by atoms with Crippen molar-refractivity contribution in [3.05, 3.63) is 22.7 Å². The van der Waals surface area contributed by atoms with E-state index >= 15 is 0 Å². The van der Waals surface area contributed by atoms with Crippen molar-refractivity contribution in [2.24, 2.45) is 5.73 Å². The third-order valence-electron chi connectivity index (χ3n) is 2.45. The van der Waals surface area contributed by atoms with Crippen LogP contribution in [-0.2, 0) is 6.42 Å². The van der Waals surface area contributed by atoms with E-state index in [4.69, 9.17) is 5.73 Å². The largest absolute Gasteiger partial charge is 0.325 e. The third-order valence-corrected chi connectivity index (χ3v) is 2.85. The van der Waals surface area contributed by atoms with Crippen LogP contribution in [-0.4, -0.2) is 15.5 Å². The van der Waals surface area contributed by atoms with Gasteiger partial charge in [-0.05, 0) is 41.6 Å². The van der Waals surface area contributed by atoms with E-state index in [1.54, 1.807) is 12.4 Å². The average Bonchev–Trinajstić information content (AvgIpc) is 2.84. The van der Waals surface area contributed by atoms with Crippen molar-refractivity contribution in [2.45, 2.75) is 31.2 Å². The summed E-state index contributed by atoms with van der Waals surface area (Å²) < 4.78 is 0.783. The van der Waals surface area contributed by atoms with E-state index in [-0.39, 0.29) is 5.54 Å². The third kappa shape index (κ3) is 2.48. The van der Waals surface area contributed by atoms with Crippen LogP contribution in [0.25, 0.3) is 0 Å². The molecule has 4 heteroatoms. The highest BCUT2D eigenvalue weighted by atomic mass is 79.9. The van der Waals surface area contributed by atoms with Crippen molar-refractivity contribution in [3.63, 3.8) is 0 Å². The van der Waals surface area contributed by atoms with Gasteiger partial charge in [-0.2, -0.15) is 0 Å². The minimum atomic E-state index is 0.120. The van der Waals surface area contributed by atoms with Crippen LogP contribution < -0.4 is 5.73 Å². The van der Waals surface area contributed by atoms with Crippen LogP contribution in [0.4, 0.5) is 0 Å². The lowest BCUT2D eigenvalue weighted by molar-refractivity contribution is 0.602. The van der Waals surface area contributed by atoms with Gasteiger partial charge in [-0.3, -0.25) is 4.98 Å². The molecule has 3 nitrogen and oxygen atoms in total. The zero-order valence-electron chi connectivity index (χ0n) is 7.33. The Bertz CT molecular complexity index is 292. The van der Waals surface area contributed by atoms with Crippen molar-refractivity contribution < 1.29 is 0 Å². The zero-order valence-corrected chi connectivity index (χ0v) is 8.92. The zero-order chi connectivity index (χ0) is 9.31. The molecule has 0 bridgehead atoms. The summed E-state index contributed by atoms with van der Waals surface area (Å²) >= 11 is 3.25. The molecule has 0 aliphatic heterocycles. The van der Waals surface area contributed by atoms with Gasteiger partial charge in [-0.15, -0.1) is 0 Å². The Morgan fingerprint density at radius 3 is 2.69 bits per heavy atom. The number of aromatic nitrogens is 2. The topological polar surface area (TPSA) is 51.8 Å². The molecule has 1 fully saturated rings. The minimum Gasteiger partial charge on any atom is -0.325 e. The van der Waals surface area contributed by atoms with Crippen molar-refractivity contribution in [1.29, 1.82) is 0 Å². The van der Waals surface area contributed by atoms with Crippen molar-refractivity contribution in [2.75, 3.05) is 0 Å². The van der Waals surface area contributed by atoms with Crippen LogP contribution in [0.15, 0.2) is 17.0 Å². The number of aryl methyl sites for hydroxylation is 1. The minimum absolute atomic E-state index is 0.120. The molecule has 1 aromatic rings. The van der Waals surface area contributed by atoms with Gasteiger partial charge in [0, 0.05) is 11.7 Å². The van der Waals surface area contributed by atoms with E-state index < -0.39 is 0 Å². The van der Waals surface area contributed by atoms with Crippen molar-refractivity contribution >= 4 is 15.9 Å². The van der Waals surface area contributed by atoms with Crippen LogP contribution in [0.2, 0.25) is 0 Å². The van der Waals surface area contributed by atoms with E-state index in [0.717, 1.165) is 36.0 Å². The molecule has 1 saturated carbocycles. The molecular weight excluding hydrogens is 230 g/mol. The Balaban J connectivity index is 1.91. The summed E-state index contributed by atoms with van der Waals surface area (Å²) in [5, 5.41) is 0. The number of rotatable bonds is 3. The molecule has 0 amide bonds. The van der Waals surface area contributed by atoms with Gasteiger partial charge in [-0.1, -0.05) is 0 Å². The molecule has 2 N–H and O–H groups in total. The van der Waals surface area contributed by atoms with Gasteiger partial charge in [-0.25, -0.2) is 4.98 Å². The van der Waals surface area contributed by atoms with Crippen molar-refractivity contribution in [3.8, 4) is 0 Å².